The van der Waals surface area contributed by atoms with Gasteiger partial charge in [-0.15, -0.1) is 0 Å². The fourth-order valence-corrected chi connectivity index (χ4v) is 1.53. The second-order valence-corrected chi connectivity index (χ2v) is 4.62. The van der Waals surface area contributed by atoms with Crippen LogP contribution in [-0.2, 0) is 11.0 Å². The Hall–Kier alpha value is -1.72. The molecule has 1 rings (SSSR count). The van der Waals surface area contributed by atoms with Crippen LogP contribution in [-0.4, -0.2) is 17.6 Å². The van der Waals surface area contributed by atoms with Crippen molar-refractivity contribution in [2.75, 3.05) is 11.9 Å². The number of para-hydroxylation sites is 1. The van der Waals surface area contributed by atoms with Gasteiger partial charge in [-0.1, -0.05) is 19.1 Å². The molecular formula is C13H16F3NO2. The molecule has 1 unspecified atom stereocenters. The van der Waals surface area contributed by atoms with Crippen LogP contribution in [0.4, 0.5) is 18.9 Å². The summed E-state index contributed by atoms with van der Waals surface area (Å²) in [5, 5.41) is 11.7. The standard InChI is InChI=1S/C13H16F3NO2/c1-3-12(2,11(18)19)8-17-10-7-5-4-6-9(10)13(14,15)16/h4-7,17H,3,8H2,1-2H3,(H,18,19). The smallest absolute Gasteiger partial charge is 0.418 e. The van der Waals surface area contributed by atoms with Gasteiger partial charge >= 0.3 is 12.1 Å². The van der Waals surface area contributed by atoms with Crippen LogP contribution >= 0.6 is 0 Å². The molecule has 1 aromatic rings. The number of carboxylic acids is 1. The molecule has 19 heavy (non-hydrogen) atoms. The van der Waals surface area contributed by atoms with E-state index in [1.54, 1.807) is 6.92 Å². The van der Waals surface area contributed by atoms with E-state index in [0.29, 0.717) is 6.42 Å². The van der Waals surface area contributed by atoms with Gasteiger partial charge in [0.25, 0.3) is 0 Å². The van der Waals surface area contributed by atoms with E-state index in [-0.39, 0.29) is 12.2 Å². The first-order valence-electron chi connectivity index (χ1n) is 5.84. The van der Waals surface area contributed by atoms with Gasteiger partial charge in [-0.2, -0.15) is 13.2 Å². The van der Waals surface area contributed by atoms with E-state index in [4.69, 9.17) is 5.11 Å². The van der Waals surface area contributed by atoms with Crippen molar-refractivity contribution < 1.29 is 23.1 Å². The second-order valence-electron chi connectivity index (χ2n) is 4.62. The lowest BCUT2D eigenvalue weighted by Gasteiger charge is -2.25. The lowest BCUT2D eigenvalue weighted by atomic mass is 9.87. The summed E-state index contributed by atoms with van der Waals surface area (Å²) in [5.74, 6) is -1.04. The minimum Gasteiger partial charge on any atom is -0.481 e. The van der Waals surface area contributed by atoms with Crippen molar-refractivity contribution in [3.63, 3.8) is 0 Å². The summed E-state index contributed by atoms with van der Waals surface area (Å²) in [6.07, 6.45) is -4.14. The molecule has 0 amide bonds. The average molecular weight is 275 g/mol. The van der Waals surface area contributed by atoms with Crippen LogP contribution in [0.5, 0.6) is 0 Å². The molecule has 0 fully saturated rings. The Bertz CT molecular complexity index is 459. The maximum absolute atomic E-state index is 12.8. The van der Waals surface area contributed by atoms with E-state index < -0.39 is 23.1 Å². The lowest BCUT2D eigenvalue weighted by molar-refractivity contribution is -0.147. The van der Waals surface area contributed by atoms with Gasteiger partial charge in [-0.3, -0.25) is 4.79 Å². The molecule has 1 aromatic carbocycles. The molecule has 2 N–H and O–H groups in total. The minimum atomic E-state index is -4.46. The Morgan fingerprint density at radius 3 is 2.37 bits per heavy atom. The molecule has 0 radical (unpaired) electrons. The van der Waals surface area contributed by atoms with Crippen molar-refractivity contribution in [2.24, 2.45) is 5.41 Å². The Morgan fingerprint density at radius 2 is 1.89 bits per heavy atom. The van der Waals surface area contributed by atoms with E-state index in [0.717, 1.165) is 6.07 Å². The zero-order valence-electron chi connectivity index (χ0n) is 10.7. The zero-order valence-corrected chi connectivity index (χ0v) is 10.7. The number of carboxylic acid groups (broad SMARTS) is 1. The predicted octanol–water partition coefficient (Wildman–Crippen LogP) is 3.62. The Labute approximate surface area is 109 Å². The highest BCUT2D eigenvalue weighted by molar-refractivity contribution is 5.75. The van der Waals surface area contributed by atoms with Crippen LogP contribution in [0.1, 0.15) is 25.8 Å². The van der Waals surface area contributed by atoms with Crippen molar-refractivity contribution in [1.82, 2.24) is 0 Å². The molecule has 0 aliphatic heterocycles. The van der Waals surface area contributed by atoms with E-state index in [1.165, 1.54) is 25.1 Å². The average Bonchev–Trinajstić information content (AvgIpc) is 2.35. The number of nitrogens with one attached hydrogen (secondary N) is 1. The summed E-state index contributed by atoms with van der Waals surface area (Å²) in [5.41, 5.74) is -1.99. The zero-order chi connectivity index (χ0) is 14.7. The van der Waals surface area contributed by atoms with Crippen LogP contribution in [0.15, 0.2) is 24.3 Å². The largest absolute Gasteiger partial charge is 0.481 e. The second kappa shape index (κ2) is 5.50. The third kappa shape index (κ3) is 3.62. The molecule has 106 valence electrons. The summed E-state index contributed by atoms with van der Waals surface area (Å²) >= 11 is 0. The third-order valence-electron chi connectivity index (χ3n) is 3.20. The molecule has 0 bridgehead atoms. The number of halogens is 3. The van der Waals surface area contributed by atoms with E-state index in [9.17, 15) is 18.0 Å². The summed E-state index contributed by atoms with van der Waals surface area (Å²) in [6.45, 7) is 3.12. The van der Waals surface area contributed by atoms with Crippen LogP contribution in [0, 0.1) is 5.41 Å². The number of hydrogen-bond donors (Lipinski definition) is 2. The molecule has 0 aliphatic rings. The minimum absolute atomic E-state index is 0.0636. The van der Waals surface area contributed by atoms with E-state index in [2.05, 4.69) is 5.32 Å². The first kappa shape index (κ1) is 15.3. The first-order valence-corrected chi connectivity index (χ1v) is 5.84. The van der Waals surface area contributed by atoms with Gasteiger partial charge in [0.2, 0.25) is 0 Å². The molecular weight excluding hydrogens is 259 g/mol. The van der Waals surface area contributed by atoms with Gasteiger partial charge in [0, 0.05) is 12.2 Å². The summed E-state index contributed by atoms with van der Waals surface area (Å²) in [6, 6.07) is 5.03. The van der Waals surface area contributed by atoms with Gasteiger partial charge in [0.15, 0.2) is 0 Å². The normalized spacial score (nSPS) is 14.8. The topological polar surface area (TPSA) is 49.3 Å². The molecule has 1 atom stereocenters. The van der Waals surface area contributed by atoms with Crippen molar-refractivity contribution >= 4 is 11.7 Å². The monoisotopic (exact) mass is 275 g/mol. The van der Waals surface area contributed by atoms with Crippen molar-refractivity contribution in [1.29, 1.82) is 0 Å². The molecule has 0 spiro atoms. The first-order chi connectivity index (χ1) is 8.70. The quantitative estimate of drug-likeness (QED) is 0.863. The molecule has 0 saturated carbocycles. The van der Waals surface area contributed by atoms with Crippen molar-refractivity contribution in [3.05, 3.63) is 29.8 Å². The van der Waals surface area contributed by atoms with Crippen LogP contribution in [0.25, 0.3) is 0 Å². The number of alkyl halides is 3. The van der Waals surface area contributed by atoms with Gasteiger partial charge in [0.1, 0.15) is 0 Å². The maximum Gasteiger partial charge on any atom is 0.418 e. The number of hydrogen-bond acceptors (Lipinski definition) is 2. The third-order valence-corrected chi connectivity index (χ3v) is 3.20. The van der Waals surface area contributed by atoms with E-state index in [1.807, 2.05) is 0 Å². The highest BCUT2D eigenvalue weighted by atomic mass is 19.4. The van der Waals surface area contributed by atoms with E-state index >= 15 is 0 Å². The fraction of sp³-hybridized carbons (Fsp3) is 0.462. The fourth-order valence-electron chi connectivity index (χ4n) is 1.53. The van der Waals surface area contributed by atoms with Crippen LogP contribution < -0.4 is 5.32 Å². The summed E-state index contributed by atoms with van der Waals surface area (Å²) in [4.78, 5) is 11.1. The number of aliphatic carboxylic acids is 1. The number of carbonyl (C=O) groups is 1. The maximum atomic E-state index is 12.8. The molecule has 6 heteroatoms. The van der Waals surface area contributed by atoms with Crippen molar-refractivity contribution in [2.45, 2.75) is 26.4 Å². The number of benzene rings is 1. The van der Waals surface area contributed by atoms with Gasteiger partial charge in [-0.05, 0) is 25.5 Å². The highest BCUT2D eigenvalue weighted by Crippen LogP contribution is 2.35. The SMILES string of the molecule is CCC(C)(CNc1ccccc1C(F)(F)F)C(=O)O. The van der Waals surface area contributed by atoms with Crippen LogP contribution in [0.2, 0.25) is 0 Å². The Kier molecular flexibility index (Phi) is 4.44. The Balaban J connectivity index is 2.93. The molecule has 3 nitrogen and oxygen atoms in total. The van der Waals surface area contributed by atoms with Gasteiger partial charge < -0.3 is 10.4 Å². The van der Waals surface area contributed by atoms with Crippen LogP contribution in [0.3, 0.4) is 0 Å². The number of anilines is 1. The van der Waals surface area contributed by atoms with Gasteiger partial charge in [-0.25, -0.2) is 0 Å². The molecule has 0 heterocycles. The summed E-state index contributed by atoms with van der Waals surface area (Å²) in [7, 11) is 0. The lowest BCUT2D eigenvalue weighted by Crippen LogP contribution is -2.34. The summed E-state index contributed by atoms with van der Waals surface area (Å²) < 4.78 is 38.3. The molecule has 0 saturated heterocycles. The highest BCUT2D eigenvalue weighted by Gasteiger charge is 2.35. The van der Waals surface area contributed by atoms with Gasteiger partial charge in [0.05, 0.1) is 11.0 Å². The predicted molar refractivity (Wildman–Crippen MR) is 66.0 cm³/mol. The Morgan fingerprint density at radius 1 is 1.32 bits per heavy atom. The number of rotatable bonds is 5. The molecule has 0 aromatic heterocycles. The molecule has 0 aliphatic carbocycles. The van der Waals surface area contributed by atoms with Crippen molar-refractivity contribution in [3.8, 4) is 0 Å².